The monoisotopic (exact) mass is 390 g/mol. The Morgan fingerprint density at radius 2 is 1.21 bits per heavy atom. The lowest BCUT2D eigenvalue weighted by molar-refractivity contribution is -0.0369. The Morgan fingerprint density at radius 3 is 1.55 bits per heavy atom. The highest BCUT2D eigenvalue weighted by Crippen LogP contribution is 2.31. The number of hydrogen-bond acceptors (Lipinski definition) is 3. The van der Waals surface area contributed by atoms with Crippen molar-refractivity contribution in [2.24, 2.45) is 0 Å². The normalized spacial score (nSPS) is 22.0. The SMILES string of the molecule is C=C(C)c1ccccc1CC(OC(Cc1ccccc1C(=C)C)C1CO1)C1CO1. The van der Waals surface area contributed by atoms with Gasteiger partial charge in [0.1, 0.15) is 12.2 Å². The number of benzene rings is 2. The summed E-state index contributed by atoms with van der Waals surface area (Å²) in [6.07, 6.45) is 1.98. The van der Waals surface area contributed by atoms with Crippen molar-refractivity contribution in [2.45, 2.75) is 51.1 Å². The molecule has 4 rings (SSSR count). The molecule has 2 fully saturated rings. The molecule has 0 amide bonds. The Labute approximate surface area is 174 Å². The molecule has 29 heavy (non-hydrogen) atoms. The van der Waals surface area contributed by atoms with Crippen LogP contribution in [0, 0.1) is 0 Å². The number of allylic oxidation sites excluding steroid dienone is 2. The highest BCUT2D eigenvalue weighted by Gasteiger charge is 2.41. The standard InChI is InChI=1S/C26H30O3/c1-17(2)21-11-7-5-9-19(21)13-23(25-15-27-25)29-24(26-16-28-26)14-20-10-6-8-12-22(20)18(3)4/h5-12,23-26H,1,3,13-16H2,2,4H3. The molecule has 3 nitrogen and oxygen atoms in total. The summed E-state index contributed by atoms with van der Waals surface area (Å²) in [5.74, 6) is 0. The third kappa shape index (κ3) is 5.05. The van der Waals surface area contributed by atoms with Crippen LogP contribution in [0.3, 0.4) is 0 Å². The summed E-state index contributed by atoms with van der Waals surface area (Å²) in [6, 6.07) is 16.9. The maximum absolute atomic E-state index is 6.67. The molecule has 2 aromatic rings. The molecule has 2 heterocycles. The maximum Gasteiger partial charge on any atom is 0.107 e. The van der Waals surface area contributed by atoms with E-state index in [1.807, 2.05) is 0 Å². The Balaban J connectivity index is 1.53. The lowest BCUT2D eigenvalue weighted by atomic mass is 9.95. The highest BCUT2D eigenvalue weighted by molar-refractivity contribution is 5.65. The molecule has 4 unspecified atom stereocenters. The van der Waals surface area contributed by atoms with E-state index in [1.165, 1.54) is 22.3 Å². The quantitative estimate of drug-likeness (QED) is 0.530. The van der Waals surface area contributed by atoms with Crippen LogP contribution in [-0.2, 0) is 27.1 Å². The van der Waals surface area contributed by atoms with Gasteiger partial charge in [0.05, 0.1) is 25.4 Å². The molecule has 0 bridgehead atoms. The molecule has 4 atom stereocenters. The first-order chi connectivity index (χ1) is 14.0. The van der Waals surface area contributed by atoms with Crippen LogP contribution in [-0.4, -0.2) is 37.6 Å². The van der Waals surface area contributed by atoms with Crippen molar-refractivity contribution < 1.29 is 14.2 Å². The second-order valence-electron chi connectivity index (χ2n) is 8.24. The van der Waals surface area contributed by atoms with Crippen molar-refractivity contribution >= 4 is 11.1 Å². The van der Waals surface area contributed by atoms with E-state index in [-0.39, 0.29) is 24.4 Å². The molecule has 2 aliphatic rings. The Bertz CT molecular complexity index is 819. The average Bonchev–Trinajstić information content (AvgIpc) is 3.60. The minimum atomic E-state index is 0.0155. The smallest absolute Gasteiger partial charge is 0.107 e. The van der Waals surface area contributed by atoms with Crippen LogP contribution in [0.1, 0.15) is 36.1 Å². The molecule has 0 N–H and O–H groups in total. The van der Waals surface area contributed by atoms with Gasteiger partial charge in [0.25, 0.3) is 0 Å². The van der Waals surface area contributed by atoms with Gasteiger partial charge >= 0.3 is 0 Å². The Kier molecular flexibility index (Phi) is 6.00. The van der Waals surface area contributed by atoms with Gasteiger partial charge in [-0.3, -0.25) is 0 Å². The van der Waals surface area contributed by atoms with Gasteiger partial charge in [-0.15, -0.1) is 0 Å². The minimum absolute atomic E-state index is 0.0155. The zero-order chi connectivity index (χ0) is 20.4. The number of epoxide rings is 2. The summed E-state index contributed by atoms with van der Waals surface area (Å²) < 4.78 is 18.0. The van der Waals surface area contributed by atoms with Gasteiger partial charge in [-0.25, -0.2) is 0 Å². The second kappa shape index (κ2) is 8.66. The van der Waals surface area contributed by atoms with Crippen LogP contribution in [0.5, 0.6) is 0 Å². The van der Waals surface area contributed by atoms with E-state index >= 15 is 0 Å². The average molecular weight is 391 g/mol. The topological polar surface area (TPSA) is 34.3 Å². The minimum Gasteiger partial charge on any atom is -0.370 e. The van der Waals surface area contributed by atoms with Crippen molar-refractivity contribution in [1.29, 1.82) is 0 Å². The molecule has 0 aliphatic carbocycles. The predicted octanol–water partition coefficient (Wildman–Crippen LogP) is 5.09. The molecular formula is C26H30O3. The number of ether oxygens (including phenoxy) is 3. The first-order valence-electron chi connectivity index (χ1n) is 10.4. The van der Waals surface area contributed by atoms with Crippen LogP contribution >= 0.6 is 0 Å². The van der Waals surface area contributed by atoms with Crippen molar-refractivity contribution in [2.75, 3.05) is 13.2 Å². The lowest BCUT2D eigenvalue weighted by Crippen LogP contribution is -2.33. The maximum atomic E-state index is 6.67. The van der Waals surface area contributed by atoms with E-state index in [1.54, 1.807) is 0 Å². The molecular weight excluding hydrogens is 360 g/mol. The van der Waals surface area contributed by atoms with Gasteiger partial charge < -0.3 is 14.2 Å². The van der Waals surface area contributed by atoms with Crippen LogP contribution in [0.15, 0.2) is 61.7 Å². The molecule has 0 radical (unpaired) electrons. The largest absolute Gasteiger partial charge is 0.370 e. The van der Waals surface area contributed by atoms with Gasteiger partial charge in [0, 0.05) is 12.8 Å². The second-order valence-corrected chi connectivity index (χ2v) is 8.24. The van der Waals surface area contributed by atoms with Crippen molar-refractivity contribution in [3.63, 3.8) is 0 Å². The van der Waals surface area contributed by atoms with Crippen LogP contribution in [0.2, 0.25) is 0 Å². The van der Waals surface area contributed by atoms with E-state index in [0.29, 0.717) is 0 Å². The van der Waals surface area contributed by atoms with Crippen LogP contribution in [0.4, 0.5) is 0 Å². The van der Waals surface area contributed by atoms with Gasteiger partial charge in [-0.1, -0.05) is 72.8 Å². The first kappa shape index (κ1) is 20.1. The number of hydrogen-bond donors (Lipinski definition) is 0. The van der Waals surface area contributed by atoms with Gasteiger partial charge in [-0.05, 0) is 36.1 Å². The van der Waals surface area contributed by atoms with E-state index in [0.717, 1.165) is 37.2 Å². The highest BCUT2D eigenvalue weighted by atomic mass is 16.6. The summed E-state index contributed by atoms with van der Waals surface area (Å²) in [6.45, 7) is 13.9. The van der Waals surface area contributed by atoms with E-state index in [2.05, 4.69) is 75.5 Å². The van der Waals surface area contributed by atoms with E-state index < -0.39 is 0 Å². The van der Waals surface area contributed by atoms with Crippen molar-refractivity contribution in [1.82, 2.24) is 0 Å². The third-order valence-electron chi connectivity index (χ3n) is 5.69. The summed E-state index contributed by atoms with van der Waals surface area (Å²) in [7, 11) is 0. The predicted molar refractivity (Wildman–Crippen MR) is 118 cm³/mol. The lowest BCUT2D eigenvalue weighted by Gasteiger charge is -2.25. The molecule has 152 valence electrons. The zero-order valence-electron chi connectivity index (χ0n) is 17.4. The van der Waals surface area contributed by atoms with E-state index in [4.69, 9.17) is 14.2 Å². The molecule has 0 spiro atoms. The van der Waals surface area contributed by atoms with E-state index in [9.17, 15) is 0 Å². The van der Waals surface area contributed by atoms with Gasteiger partial charge in [-0.2, -0.15) is 0 Å². The number of rotatable bonds is 10. The summed E-state index contributed by atoms with van der Waals surface area (Å²) in [4.78, 5) is 0. The third-order valence-corrected chi connectivity index (χ3v) is 5.69. The van der Waals surface area contributed by atoms with Crippen LogP contribution in [0.25, 0.3) is 11.1 Å². The van der Waals surface area contributed by atoms with Gasteiger partial charge in [0.15, 0.2) is 0 Å². The first-order valence-corrected chi connectivity index (χ1v) is 10.4. The van der Waals surface area contributed by atoms with Crippen molar-refractivity contribution in [3.05, 3.63) is 83.9 Å². The molecule has 2 aliphatic heterocycles. The summed E-state index contributed by atoms with van der Waals surface area (Å²) in [5, 5.41) is 0. The molecule has 0 saturated carbocycles. The molecule has 2 aromatic carbocycles. The van der Waals surface area contributed by atoms with Crippen molar-refractivity contribution in [3.8, 4) is 0 Å². The molecule has 2 saturated heterocycles. The zero-order valence-corrected chi connectivity index (χ0v) is 17.4. The van der Waals surface area contributed by atoms with Crippen LogP contribution < -0.4 is 0 Å². The summed E-state index contributed by atoms with van der Waals surface area (Å²) >= 11 is 0. The molecule has 3 heteroatoms. The Hall–Kier alpha value is -2.20. The van der Waals surface area contributed by atoms with Gasteiger partial charge in [0.2, 0.25) is 0 Å². The Morgan fingerprint density at radius 1 is 0.828 bits per heavy atom. The molecule has 0 aromatic heterocycles. The fraction of sp³-hybridized carbons (Fsp3) is 0.385. The fourth-order valence-electron chi connectivity index (χ4n) is 3.96. The summed E-state index contributed by atoms with van der Waals surface area (Å²) in [5.41, 5.74) is 7.08. The fourth-order valence-corrected chi connectivity index (χ4v) is 3.96.